The molecule has 0 bridgehead atoms. The van der Waals surface area contributed by atoms with Crippen LogP contribution < -0.4 is 4.74 Å². The second-order valence-corrected chi connectivity index (χ2v) is 7.32. The molecule has 30 heavy (non-hydrogen) atoms. The monoisotopic (exact) mass is 417 g/mol. The Morgan fingerprint density at radius 3 is 2.57 bits per heavy atom. The third-order valence-corrected chi connectivity index (χ3v) is 5.39. The second kappa shape index (κ2) is 9.19. The Kier molecular flexibility index (Phi) is 6.64. The number of furan rings is 1. The van der Waals surface area contributed by atoms with Gasteiger partial charge in [-0.05, 0) is 51.8 Å². The van der Waals surface area contributed by atoms with Gasteiger partial charge in [0.1, 0.15) is 11.3 Å². The number of hydrogen-bond acceptors (Lipinski definition) is 7. The van der Waals surface area contributed by atoms with E-state index in [4.69, 9.17) is 18.6 Å². The molecule has 1 aromatic heterocycles. The lowest BCUT2D eigenvalue weighted by Gasteiger charge is -2.32. The molecule has 1 saturated heterocycles. The van der Waals surface area contributed by atoms with Gasteiger partial charge >= 0.3 is 11.9 Å². The summed E-state index contributed by atoms with van der Waals surface area (Å²) >= 11 is 0. The highest BCUT2D eigenvalue weighted by molar-refractivity contribution is 5.97. The fraction of sp³-hybridized carbons (Fsp3) is 0.500. The second-order valence-electron chi connectivity index (χ2n) is 7.32. The van der Waals surface area contributed by atoms with Crippen LogP contribution in [0.3, 0.4) is 0 Å². The average molecular weight is 417 g/mol. The number of carbonyl (C=O) groups is 3. The zero-order valence-corrected chi connectivity index (χ0v) is 17.7. The summed E-state index contributed by atoms with van der Waals surface area (Å²) in [7, 11) is 1.56. The van der Waals surface area contributed by atoms with E-state index in [1.807, 2.05) is 0 Å². The lowest BCUT2D eigenvalue weighted by molar-refractivity contribution is -0.152. The van der Waals surface area contributed by atoms with E-state index in [1.54, 1.807) is 51.0 Å². The van der Waals surface area contributed by atoms with Crippen LogP contribution in [0, 0.1) is 12.8 Å². The van der Waals surface area contributed by atoms with Crippen molar-refractivity contribution >= 4 is 28.8 Å². The Morgan fingerprint density at radius 2 is 1.93 bits per heavy atom. The highest BCUT2D eigenvalue weighted by Crippen LogP contribution is 2.29. The molecule has 2 aromatic rings. The lowest BCUT2D eigenvalue weighted by Crippen LogP contribution is -2.45. The number of esters is 2. The first-order chi connectivity index (χ1) is 14.3. The van der Waals surface area contributed by atoms with Crippen LogP contribution in [0.15, 0.2) is 22.6 Å². The van der Waals surface area contributed by atoms with E-state index in [0.29, 0.717) is 49.4 Å². The average Bonchev–Trinajstić information content (AvgIpc) is 3.09. The number of piperidine rings is 1. The van der Waals surface area contributed by atoms with E-state index in [9.17, 15) is 14.4 Å². The summed E-state index contributed by atoms with van der Waals surface area (Å²) in [6, 6.07) is 5.25. The highest BCUT2D eigenvalue weighted by Gasteiger charge is 2.32. The van der Waals surface area contributed by atoms with Crippen LogP contribution in [0.4, 0.5) is 0 Å². The summed E-state index contributed by atoms with van der Waals surface area (Å²) in [4.78, 5) is 38.8. The molecule has 3 rings (SSSR count). The van der Waals surface area contributed by atoms with Gasteiger partial charge in [0, 0.05) is 24.0 Å². The SMILES string of the molecule is CCOC(=O)C1CCN(C(=O)[C@H](C)OC(=O)c2oc3ccc(OC)cc3c2C)CC1. The Hall–Kier alpha value is -3.03. The molecule has 1 aromatic carbocycles. The Bertz CT molecular complexity index is 940. The van der Waals surface area contributed by atoms with E-state index in [0.717, 1.165) is 5.39 Å². The molecule has 1 aliphatic rings. The van der Waals surface area contributed by atoms with Crippen molar-refractivity contribution in [3.63, 3.8) is 0 Å². The smallest absolute Gasteiger partial charge is 0.375 e. The van der Waals surface area contributed by atoms with Gasteiger partial charge in [0.05, 0.1) is 19.6 Å². The van der Waals surface area contributed by atoms with Crippen LogP contribution >= 0.6 is 0 Å². The molecule has 1 atom stereocenters. The summed E-state index contributed by atoms with van der Waals surface area (Å²) in [5.41, 5.74) is 1.17. The number of ether oxygens (including phenoxy) is 3. The molecule has 0 radical (unpaired) electrons. The minimum absolute atomic E-state index is 0.0684. The number of benzene rings is 1. The maximum Gasteiger partial charge on any atom is 0.375 e. The number of methoxy groups -OCH3 is 1. The zero-order chi connectivity index (χ0) is 21.8. The van der Waals surface area contributed by atoms with Gasteiger partial charge in [0.25, 0.3) is 5.91 Å². The fourth-order valence-electron chi connectivity index (χ4n) is 3.64. The number of likely N-dealkylation sites (tertiary alicyclic amines) is 1. The van der Waals surface area contributed by atoms with E-state index in [2.05, 4.69) is 0 Å². The first kappa shape index (κ1) is 21.7. The molecule has 8 nitrogen and oxygen atoms in total. The van der Waals surface area contributed by atoms with E-state index >= 15 is 0 Å². The van der Waals surface area contributed by atoms with Crippen molar-refractivity contribution < 1.29 is 33.0 Å². The van der Waals surface area contributed by atoms with Crippen molar-refractivity contribution in [3.05, 3.63) is 29.5 Å². The minimum atomic E-state index is -0.959. The van der Waals surface area contributed by atoms with Gasteiger partial charge in [-0.25, -0.2) is 4.79 Å². The molecule has 0 spiro atoms. The van der Waals surface area contributed by atoms with Gasteiger partial charge in [-0.15, -0.1) is 0 Å². The topological polar surface area (TPSA) is 95.3 Å². The number of carbonyl (C=O) groups excluding carboxylic acids is 3. The van der Waals surface area contributed by atoms with Crippen molar-refractivity contribution in [3.8, 4) is 5.75 Å². The summed E-state index contributed by atoms with van der Waals surface area (Å²) in [5, 5.41) is 0.751. The number of hydrogen-bond donors (Lipinski definition) is 0. The van der Waals surface area contributed by atoms with Gasteiger partial charge < -0.3 is 23.5 Å². The minimum Gasteiger partial charge on any atom is -0.497 e. The van der Waals surface area contributed by atoms with Crippen LogP contribution in [0.5, 0.6) is 5.75 Å². The Labute approximate surface area is 175 Å². The molecular formula is C22H27NO7. The van der Waals surface area contributed by atoms with Crippen molar-refractivity contribution in [2.45, 2.75) is 39.7 Å². The fourth-order valence-corrected chi connectivity index (χ4v) is 3.64. The number of nitrogens with zero attached hydrogens (tertiary/aromatic N) is 1. The van der Waals surface area contributed by atoms with Gasteiger partial charge in [-0.2, -0.15) is 0 Å². The van der Waals surface area contributed by atoms with Crippen molar-refractivity contribution in [1.82, 2.24) is 4.90 Å². The van der Waals surface area contributed by atoms with Crippen molar-refractivity contribution in [2.75, 3.05) is 26.8 Å². The van der Waals surface area contributed by atoms with E-state index < -0.39 is 12.1 Å². The molecule has 8 heteroatoms. The molecule has 0 unspecified atom stereocenters. The predicted octanol–water partition coefficient (Wildman–Crippen LogP) is 3.10. The largest absolute Gasteiger partial charge is 0.497 e. The maximum atomic E-state index is 12.7. The van der Waals surface area contributed by atoms with Gasteiger partial charge in [0.2, 0.25) is 5.76 Å². The zero-order valence-electron chi connectivity index (χ0n) is 17.7. The maximum absolute atomic E-state index is 12.7. The third kappa shape index (κ3) is 4.42. The van der Waals surface area contributed by atoms with Crippen LogP contribution in [0.1, 0.15) is 42.8 Å². The number of amides is 1. The Morgan fingerprint density at radius 1 is 1.23 bits per heavy atom. The number of rotatable bonds is 6. The molecule has 0 saturated carbocycles. The van der Waals surface area contributed by atoms with Crippen molar-refractivity contribution in [2.24, 2.45) is 5.92 Å². The van der Waals surface area contributed by atoms with Crippen molar-refractivity contribution in [1.29, 1.82) is 0 Å². The first-order valence-electron chi connectivity index (χ1n) is 10.1. The molecule has 1 fully saturated rings. The first-order valence-corrected chi connectivity index (χ1v) is 10.1. The summed E-state index contributed by atoms with van der Waals surface area (Å²) in [6.45, 7) is 6.26. The van der Waals surface area contributed by atoms with E-state index in [1.165, 1.54) is 0 Å². The van der Waals surface area contributed by atoms with Gasteiger partial charge in [-0.1, -0.05) is 0 Å². The molecule has 2 heterocycles. The summed E-state index contributed by atoms with van der Waals surface area (Å²) in [6.07, 6.45) is 0.115. The van der Waals surface area contributed by atoms with Crippen LogP contribution in [0.25, 0.3) is 11.0 Å². The quantitative estimate of drug-likeness (QED) is 0.667. The molecule has 1 aliphatic heterocycles. The number of fused-ring (bicyclic) bond motifs is 1. The molecule has 0 N–H and O–H groups in total. The third-order valence-electron chi connectivity index (χ3n) is 5.39. The highest BCUT2D eigenvalue weighted by atomic mass is 16.6. The van der Waals surface area contributed by atoms with Gasteiger partial charge in [0.15, 0.2) is 6.10 Å². The lowest BCUT2D eigenvalue weighted by atomic mass is 9.97. The molecule has 162 valence electrons. The standard InChI is InChI=1S/C22H27NO7/c1-5-28-21(25)15-8-10-23(11-9-15)20(24)14(3)29-22(26)19-13(2)17-12-16(27-4)6-7-18(17)30-19/h6-7,12,14-15H,5,8-11H2,1-4H3/t14-/m0/s1. The van der Waals surface area contributed by atoms with Gasteiger partial charge in [-0.3, -0.25) is 9.59 Å². The van der Waals surface area contributed by atoms with Crippen LogP contribution in [-0.4, -0.2) is 55.7 Å². The Balaban J connectivity index is 1.62. The van der Waals surface area contributed by atoms with Crippen LogP contribution in [0.2, 0.25) is 0 Å². The predicted molar refractivity (Wildman–Crippen MR) is 108 cm³/mol. The number of aryl methyl sites for hydroxylation is 1. The van der Waals surface area contributed by atoms with Crippen LogP contribution in [-0.2, 0) is 19.1 Å². The normalized spacial score (nSPS) is 15.7. The summed E-state index contributed by atoms with van der Waals surface area (Å²) in [5.74, 6) is -0.672. The molecular weight excluding hydrogens is 390 g/mol. The molecule has 0 aliphatic carbocycles. The molecule has 1 amide bonds. The van der Waals surface area contributed by atoms with E-state index in [-0.39, 0.29) is 23.6 Å². The summed E-state index contributed by atoms with van der Waals surface area (Å²) < 4.78 is 21.3.